The second kappa shape index (κ2) is 10.6. The van der Waals surface area contributed by atoms with Crippen LogP contribution in [0.3, 0.4) is 0 Å². The van der Waals surface area contributed by atoms with E-state index in [1.54, 1.807) is 24.1 Å². The molecule has 1 spiro atoms. The zero-order valence-corrected chi connectivity index (χ0v) is 22.9. The third kappa shape index (κ3) is 4.53. The number of hydrogen-bond acceptors (Lipinski definition) is 6. The summed E-state index contributed by atoms with van der Waals surface area (Å²) >= 11 is 0. The minimum Gasteiger partial charge on any atom is -0.497 e. The molecule has 0 radical (unpaired) electrons. The number of nitrogens with one attached hydrogen (secondary N) is 2. The van der Waals surface area contributed by atoms with Gasteiger partial charge in [-0.2, -0.15) is 0 Å². The normalized spacial score (nSPS) is 33.9. The molecule has 3 saturated heterocycles. The molecule has 3 amide bonds. The molecule has 0 aromatic heterocycles. The number of nitrogens with zero attached hydrogens (tertiary/aromatic N) is 2. The van der Waals surface area contributed by atoms with Crippen molar-refractivity contribution in [3.63, 3.8) is 0 Å². The summed E-state index contributed by atoms with van der Waals surface area (Å²) in [4.78, 5) is 46.1. The highest BCUT2D eigenvalue weighted by atomic mass is 16.5. The van der Waals surface area contributed by atoms with E-state index in [1.807, 2.05) is 24.3 Å². The van der Waals surface area contributed by atoms with Gasteiger partial charge in [0.15, 0.2) is 0 Å². The van der Waals surface area contributed by atoms with Gasteiger partial charge in [-0.05, 0) is 50.9 Å². The van der Waals surface area contributed by atoms with Gasteiger partial charge in [0.1, 0.15) is 17.4 Å². The fourth-order valence-corrected chi connectivity index (χ4v) is 7.66. The zero-order valence-electron chi connectivity index (χ0n) is 22.9. The van der Waals surface area contributed by atoms with Crippen LogP contribution in [0.5, 0.6) is 5.75 Å². The van der Waals surface area contributed by atoms with E-state index in [0.29, 0.717) is 18.0 Å². The summed E-state index contributed by atoms with van der Waals surface area (Å²) in [5.41, 5.74) is -0.536. The lowest BCUT2D eigenvalue weighted by molar-refractivity contribution is -0.142. The van der Waals surface area contributed by atoms with Crippen LogP contribution in [-0.4, -0.2) is 84.1 Å². The Balaban J connectivity index is 1.30. The molecule has 1 aromatic rings. The predicted molar refractivity (Wildman–Crippen MR) is 146 cm³/mol. The molecule has 4 heterocycles. The smallest absolute Gasteiger partial charge is 0.246 e. The summed E-state index contributed by atoms with van der Waals surface area (Å²) in [5.74, 6) is -1.40. The van der Waals surface area contributed by atoms with Crippen LogP contribution in [-0.2, 0) is 19.1 Å². The molecule has 1 saturated carbocycles. The molecule has 1 aromatic carbocycles. The number of carbonyl (C=O) groups is 3. The number of ether oxygens (including phenoxy) is 2. The Morgan fingerprint density at radius 2 is 1.95 bits per heavy atom. The van der Waals surface area contributed by atoms with E-state index >= 15 is 0 Å². The quantitative estimate of drug-likeness (QED) is 0.496. The van der Waals surface area contributed by atoms with Gasteiger partial charge in [0.25, 0.3) is 0 Å². The summed E-state index contributed by atoms with van der Waals surface area (Å²) < 4.78 is 11.8. The number of rotatable bonds is 8. The molecular weight excluding hydrogens is 496 g/mol. The third-order valence-electron chi connectivity index (χ3n) is 9.53. The Bertz CT molecular complexity index is 1150. The number of likely N-dealkylation sites (N-methyl/N-ethyl adjacent to an activating group) is 1. The lowest BCUT2D eigenvalue weighted by Gasteiger charge is -2.36. The molecule has 2 N–H and O–H groups in total. The van der Waals surface area contributed by atoms with Crippen LogP contribution in [0.1, 0.15) is 51.9 Å². The van der Waals surface area contributed by atoms with Crippen molar-refractivity contribution in [2.45, 2.75) is 81.7 Å². The summed E-state index contributed by atoms with van der Waals surface area (Å²) in [6.45, 7) is 4.52. The lowest BCUT2D eigenvalue weighted by atomic mass is 9.74. The highest BCUT2D eigenvalue weighted by Gasteiger charge is 2.73. The Morgan fingerprint density at radius 3 is 2.72 bits per heavy atom. The topological polar surface area (TPSA) is 100 Å². The van der Waals surface area contributed by atoms with E-state index in [4.69, 9.17) is 9.47 Å². The van der Waals surface area contributed by atoms with Crippen LogP contribution in [0.4, 0.5) is 5.69 Å². The molecule has 2 bridgehead atoms. The first-order chi connectivity index (χ1) is 18.9. The Hall–Kier alpha value is -2.91. The summed E-state index contributed by atoms with van der Waals surface area (Å²) in [5, 5.41) is 6.25. The summed E-state index contributed by atoms with van der Waals surface area (Å²) in [6.07, 6.45) is 10.6. The number of fused-ring (bicyclic) bond motifs is 1. The molecule has 9 nitrogen and oxygen atoms in total. The van der Waals surface area contributed by atoms with Gasteiger partial charge in [-0.15, -0.1) is 0 Å². The second-order valence-corrected chi connectivity index (χ2v) is 11.7. The average molecular weight is 537 g/mol. The van der Waals surface area contributed by atoms with Crippen molar-refractivity contribution in [1.82, 2.24) is 15.1 Å². The van der Waals surface area contributed by atoms with Crippen molar-refractivity contribution in [1.29, 1.82) is 0 Å². The van der Waals surface area contributed by atoms with E-state index in [2.05, 4.69) is 22.5 Å². The monoisotopic (exact) mass is 536 g/mol. The molecule has 210 valence electrons. The standard InChI is InChI=1S/C30H40N4O5/c1-3-33-16-8-12-21(33)18-34-26(28(36)31-19-9-5-4-6-10-19)30-15-14-23(39-30)24(25(30)29(34)37)27(35)32-20-11-7-13-22(17-20)38-2/h7,11,13-15,17,19,21,23-26H,3-6,8-10,12,16,18H2,1-2H3,(H,31,36)(H,32,35)/t21-,23+,24+,25+,26+,30+/m1/s1. The Labute approximate surface area is 230 Å². The maximum Gasteiger partial charge on any atom is 0.246 e. The first-order valence-electron chi connectivity index (χ1n) is 14.6. The predicted octanol–water partition coefficient (Wildman–Crippen LogP) is 2.72. The minimum absolute atomic E-state index is 0.118. The third-order valence-corrected chi connectivity index (χ3v) is 9.53. The molecule has 6 atom stereocenters. The van der Waals surface area contributed by atoms with Crippen molar-refractivity contribution in [2.24, 2.45) is 11.8 Å². The van der Waals surface area contributed by atoms with Crippen molar-refractivity contribution in [2.75, 3.05) is 32.1 Å². The molecule has 0 unspecified atom stereocenters. The molecule has 39 heavy (non-hydrogen) atoms. The largest absolute Gasteiger partial charge is 0.497 e. The van der Waals surface area contributed by atoms with Crippen LogP contribution in [0.15, 0.2) is 36.4 Å². The zero-order chi connectivity index (χ0) is 27.1. The number of likely N-dealkylation sites (tertiary alicyclic amines) is 2. The van der Waals surface area contributed by atoms with Gasteiger partial charge >= 0.3 is 0 Å². The highest BCUT2D eigenvalue weighted by Crippen LogP contribution is 2.55. The van der Waals surface area contributed by atoms with Gasteiger partial charge in [0.05, 0.1) is 25.0 Å². The number of benzene rings is 1. The second-order valence-electron chi connectivity index (χ2n) is 11.7. The molecule has 4 aliphatic heterocycles. The molecule has 6 rings (SSSR count). The molecule has 1 aliphatic carbocycles. The average Bonchev–Trinajstić information content (AvgIpc) is 3.70. The van der Waals surface area contributed by atoms with Gasteiger partial charge in [-0.1, -0.05) is 44.4 Å². The van der Waals surface area contributed by atoms with Crippen LogP contribution in [0, 0.1) is 11.8 Å². The fraction of sp³-hybridized carbons (Fsp3) is 0.633. The summed E-state index contributed by atoms with van der Waals surface area (Å²) in [6, 6.07) is 6.69. The van der Waals surface area contributed by atoms with E-state index < -0.39 is 29.6 Å². The van der Waals surface area contributed by atoms with Gasteiger partial charge in [-0.3, -0.25) is 19.3 Å². The van der Waals surface area contributed by atoms with Gasteiger partial charge in [0.2, 0.25) is 17.7 Å². The number of carbonyl (C=O) groups excluding carboxylic acids is 3. The van der Waals surface area contributed by atoms with Crippen molar-refractivity contribution >= 4 is 23.4 Å². The van der Waals surface area contributed by atoms with Gasteiger partial charge in [0, 0.05) is 30.4 Å². The maximum absolute atomic E-state index is 14.2. The van der Waals surface area contributed by atoms with Crippen LogP contribution in [0.2, 0.25) is 0 Å². The molecule has 5 aliphatic rings. The SMILES string of the molecule is CCN1CCC[C@@H]1CN1C(=O)[C@@H]2[C@@H](C(=O)Nc3cccc(OC)c3)[C@@H]3C=C[C@@]2(O3)[C@@H]1C(=O)NC1CCCCC1. The van der Waals surface area contributed by atoms with Crippen molar-refractivity contribution in [3.05, 3.63) is 36.4 Å². The van der Waals surface area contributed by atoms with E-state index in [1.165, 1.54) is 6.42 Å². The highest BCUT2D eigenvalue weighted by molar-refractivity contribution is 6.02. The Morgan fingerprint density at radius 1 is 1.13 bits per heavy atom. The minimum atomic E-state index is -1.13. The number of methoxy groups -OCH3 is 1. The van der Waals surface area contributed by atoms with Gasteiger partial charge < -0.3 is 25.0 Å². The fourth-order valence-electron chi connectivity index (χ4n) is 7.66. The van der Waals surface area contributed by atoms with Crippen LogP contribution in [0.25, 0.3) is 0 Å². The Kier molecular flexibility index (Phi) is 7.14. The van der Waals surface area contributed by atoms with Crippen molar-refractivity contribution in [3.8, 4) is 5.75 Å². The van der Waals surface area contributed by atoms with E-state index in [9.17, 15) is 14.4 Å². The van der Waals surface area contributed by atoms with E-state index in [0.717, 1.165) is 51.6 Å². The van der Waals surface area contributed by atoms with Crippen LogP contribution < -0.4 is 15.4 Å². The molecule has 9 heteroatoms. The van der Waals surface area contributed by atoms with E-state index in [-0.39, 0.29) is 29.8 Å². The van der Waals surface area contributed by atoms with Crippen LogP contribution >= 0.6 is 0 Å². The van der Waals surface area contributed by atoms with Crippen molar-refractivity contribution < 1.29 is 23.9 Å². The lowest BCUT2D eigenvalue weighted by Crippen LogP contribution is -2.58. The number of amides is 3. The van der Waals surface area contributed by atoms with Gasteiger partial charge in [-0.25, -0.2) is 0 Å². The molecule has 4 fully saturated rings. The summed E-state index contributed by atoms with van der Waals surface area (Å²) in [7, 11) is 1.58. The first kappa shape index (κ1) is 26.3. The number of anilines is 1. The first-order valence-corrected chi connectivity index (χ1v) is 14.6. The molecular formula is C30H40N4O5. The maximum atomic E-state index is 14.2. The number of hydrogen-bond donors (Lipinski definition) is 2.